The number of ether oxygens (including phenoxy) is 3. The van der Waals surface area contributed by atoms with Gasteiger partial charge in [-0.05, 0) is 0 Å². The summed E-state index contributed by atoms with van der Waals surface area (Å²) in [6, 6.07) is 1.09. The minimum absolute atomic E-state index is 0.0233. The normalized spacial score (nSPS) is 13.0. The van der Waals surface area contributed by atoms with E-state index < -0.39 is 18.6 Å². The molecule has 0 unspecified atom stereocenters. The van der Waals surface area contributed by atoms with Gasteiger partial charge in [-0.25, -0.2) is 8.78 Å². The summed E-state index contributed by atoms with van der Waals surface area (Å²) in [5.74, 6) is -2.89. The molecule has 5 nitrogen and oxygen atoms in total. The quantitative estimate of drug-likeness (QED) is 0.821. The summed E-state index contributed by atoms with van der Waals surface area (Å²) < 4.78 is 42.1. The van der Waals surface area contributed by atoms with Crippen LogP contribution in [0.25, 0.3) is 0 Å². The summed E-state index contributed by atoms with van der Waals surface area (Å²) >= 11 is 0. The molecular formula is C12H17F2NO4. The molecule has 19 heavy (non-hydrogen) atoms. The van der Waals surface area contributed by atoms with E-state index in [4.69, 9.17) is 25.1 Å². The van der Waals surface area contributed by atoms with E-state index in [9.17, 15) is 8.78 Å². The van der Waals surface area contributed by atoms with Crippen LogP contribution in [0.3, 0.4) is 0 Å². The van der Waals surface area contributed by atoms with E-state index in [0.717, 1.165) is 0 Å². The molecule has 0 saturated carbocycles. The summed E-state index contributed by atoms with van der Waals surface area (Å²) in [6.07, 6.45) is 0. The molecule has 0 aliphatic heterocycles. The molecule has 0 heterocycles. The third kappa shape index (κ3) is 3.05. The van der Waals surface area contributed by atoms with Crippen molar-refractivity contribution in [1.82, 2.24) is 0 Å². The van der Waals surface area contributed by atoms with Crippen LogP contribution in [0.5, 0.6) is 17.2 Å². The maximum Gasteiger partial charge on any atom is 0.289 e. The van der Waals surface area contributed by atoms with Crippen molar-refractivity contribution in [3.8, 4) is 17.2 Å². The first-order valence-electron chi connectivity index (χ1n) is 5.45. The Morgan fingerprint density at radius 2 is 1.63 bits per heavy atom. The van der Waals surface area contributed by atoms with Gasteiger partial charge in [-0.2, -0.15) is 0 Å². The molecule has 0 radical (unpaired) electrons. The topological polar surface area (TPSA) is 73.9 Å². The first kappa shape index (κ1) is 15.5. The van der Waals surface area contributed by atoms with Crippen LogP contribution >= 0.6 is 0 Å². The Morgan fingerprint density at radius 1 is 1.16 bits per heavy atom. The second kappa shape index (κ2) is 6.03. The van der Waals surface area contributed by atoms with Crippen molar-refractivity contribution in [2.45, 2.75) is 12.0 Å². The Morgan fingerprint density at radius 3 is 1.95 bits per heavy atom. The summed E-state index contributed by atoms with van der Waals surface area (Å²) in [7, 11) is 4.07. The average Bonchev–Trinajstić information content (AvgIpc) is 2.44. The number of alkyl halides is 2. The van der Waals surface area contributed by atoms with E-state index in [1.54, 1.807) is 0 Å². The molecule has 1 atom stereocenters. The first-order valence-corrected chi connectivity index (χ1v) is 5.45. The van der Waals surface area contributed by atoms with Crippen LogP contribution in [0.4, 0.5) is 8.78 Å². The standard InChI is InChI=1S/C12H17F2NO4/c1-17-7-4-8(18-2)10(9(5-7)19-3)11(15)12(13,14)6-16/h4-5,11,16H,6,15H2,1-3H3/t11-/m1/s1. The number of benzene rings is 1. The molecule has 0 saturated heterocycles. The zero-order chi connectivity index (χ0) is 14.6. The van der Waals surface area contributed by atoms with Crippen molar-refractivity contribution in [1.29, 1.82) is 0 Å². The number of halogens is 2. The molecule has 7 heteroatoms. The second-order valence-corrected chi connectivity index (χ2v) is 3.84. The molecule has 0 aliphatic rings. The van der Waals surface area contributed by atoms with Crippen LogP contribution in [-0.4, -0.2) is 39.0 Å². The molecule has 0 fully saturated rings. The minimum atomic E-state index is -3.49. The van der Waals surface area contributed by atoms with Gasteiger partial charge in [0.25, 0.3) is 5.92 Å². The third-order valence-electron chi connectivity index (χ3n) is 2.73. The van der Waals surface area contributed by atoms with Crippen molar-refractivity contribution in [2.75, 3.05) is 27.9 Å². The summed E-state index contributed by atoms with van der Waals surface area (Å²) in [5.41, 5.74) is 5.49. The Labute approximate surface area is 109 Å². The lowest BCUT2D eigenvalue weighted by Gasteiger charge is -2.25. The van der Waals surface area contributed by atoms with Gasteiger partial charge >= 0.3 is 0 Å². The van der Waals surface area contributed by atoms with E-state index in [1.807, 2.05) is 0 Å². The highest BCUT2D eigenvalue weighted by molar-refractivity contribution is 5.52. The fourth-order valence-corrected chi connectivity index (χ4v) is 1.65. The van der Waals surface area contributed by atoms with Crippen molar-refractivity contribution in [3.63, 3.8) is 0 Å². The zero-order valence-electron chi connectivity index (χ0n) is 10.9. The monoisotopic (exact) mass is 277 g/mol. The van der Waals surface area contributed by atoms with Gasteiger partial charge in [0.2, 0.25) is 0 Å². The second-order valence-electron chi connectivity index (χ2n) is 3.84. The first-order chi connectivity index (χ1) is 8.91. The maximum atomic E-state index is 13.5. The molecule has 0 bridgehead atoms. The highest BCUT2D eigenvalue weighted by Gasteiger charge is 2.40. The number of hydrogen-bond acceptors (Lipinski definition) is 5. The van der Waals surface area contributed by atoms with Gasteiger partial charge in [0.1, 0.15) is 29.9 Å². The van der Waals surface area contributed by atoms with E-state index >= 15 is 0 Å². The predicted octanol–water partition coefficient (Wildman–Crippen LogP) is 1.34. The summed E-state index contributed by atoms with van der Waals surface area (Å²) in [5, 5.41) is 8.72. The Bertz CT molecular complexity index is 415. The van der Waals surface area contributed by atoms with Gasteiger partial charge in [-0.3, -0.25) is 0 Å². The molecule has 1 aromatic carbocycles. The van der Waals surface area contributed by atoms with Crippen LogP contribution in [0.2, 0.25) is 0 Å². The minimum Gasteiger partial charge on any atom is -0.496 e. The summed E-state index contributed by atoms with van der Waals surface area (Å²) in [6.45, 7) is -1.37. The third-order valence-corrected chi connectivity index (χ3v) is 2.73. The van der Waals surface area contributed by atoms with Crippen molar-refractivity contribution >= 4 is 0 Å². The van der Waals surface area contributed by atoms with Crippen LogP contribution in [0, 0.1) is 0 Å². The highest BCUT2D eigenvalue weighted by Crippen LogP contribution is 2.42. The number of nitrogens with two attached hydrogens (primary N) is 1. The van der Waals surface area contributed by atoms with Gasteiger partial charge < -0.3 is 25.1 Å². The molecule has 0 amide bonds. The molecule has 0 aliphatic carbocycles. The van der Waals surface area contributed by atoms with Gasteiger partial charge in [-0.1, -0.05) is 0 Å². The maximum absolute atomic E-state index is 13.5. The van der Waals surface area contributed by atoms with Crippen LogP contribution < -0.4 is 19.9 Å². The van der Waals surface area contributed by atoms with Gasteiger partial charge in [-0.15, -0.1) is 0 Å². The zero-order valence-corrected chi connectivity index (χ0v) is 10.9. The van der Waals surface area contributed by atoms with Gasteiger partial charge in [0, 0.05) is 12.1 Å². The number of aliphatic hydroxyl groups excluding tert-OH is 1. The van der Waals surface area contributed by atoms with Gasteiger partial charge in [0.15, 0.2) is 0 Å². The van der Waals surface area contributed by atoms with E-state index in [2.05, 4.69) is 0 Å². The molecule has 0 aromatic heterocycles. The van der Waals surface area contributed by atoms with E-state index in [-0.39, 0.29) is 17.1 Å². The number of aliphatic hydroxyl groups is 1. The lowest BCUT2D eigenvalue weighted by Crippen LogP contribution is -2.36. The number of hydrogen-bond donors (Lipinski definition) is 2. The van der Waals surface area contributed by atoms with Crippen LogP contribution in [0.1, 0.15) is 11.6 Å². The number of methoxy groups -OCH3 is 3. The molecule has 3 N–H and O–H groups in total. The van der Waals surface area contributed by atoms with Crippen molar-refractivity contribution < 1.29 is 28.1 Å². The summed E-state index contributed by atoms with van der Waals surface area (Å²) in [4.78, 5) is 0. The molecule has 108 valence electrons. The molecule has 1 aromatic rings. The average molecular weight is 277 g/mol. The fourth-order valence-electron chi connectivity index (χ4n) is 1.65. The molecular weight excluding hydrogens is 260 g/mol. The lowest BCUT2D eigenvalue weighted by molar-refractivity contribution is -0.0719. The highest BCUT2D eigenvalue weighted by atomic mass is 19.3. The van der Waals surface area contributed by atoms with Crippen molar-refractivity contribution in [2.24, 2.45) is 5.73 Å². The lowest BCUT2D eigenvalue weighted by atomic mass is 9.99. The fraction of sp³-hybridized carbons (Fsp3) is 0.500. The van der Waals surface area contributed by atoms with Crippen LogP contribution in [0.15, 0.2) is 12.1 Å². The molecule has 0 spiro atoms. The molecule has 1 rings (SSSR count). The SMILES string of the molecule is COc1cc(OC)c([C@@H](N)C(F)(F)CO)c(OC)c1. The Balaban J connectivity index is 3.39. The van der Waals surface area contributed by atoms with Gasteiger partial charge in [0.05, 0.1) is 26.9 Å². The van der Waals surface area contributed by atoms with E-state index in [1.165, 1.54) is 33.5 Å². The smallest absolute Gasteiger partial charge is 0.289 e. The van der Waals surface area contributed by atoms with Crippen LogP contribution in [-0.2, 0) is 0 Å². The van der Waals surface area contributed by atoms with Crippen molar-refractivity contribution in [3.05, 3.63) is 17.7 Å². The Hall–Kier alpha value is -1.60. The number of rotatable bonds is 6. The largest absolute Gasteiger partial charge is 0.496 e. The predicted molar refractivity (Wildman–Crippen MR) is 65.1 cm³/mol. The Kier molecular flexibility index (Phi) is 4.90. The van der Waals surface area contributed by atoms with E-state index in [0.29, 0.717) is 5.75 Å².